The van der Waals surface area contributed by atoms with Crippen LogP contribution in [0.4, 0.5) is 20.2 Å². The minimum atomic E-state index is -3.04. The van der Waals surface area contributed by atoms with Crippen molar-refractivity contribution >= 4 is 17.3 Å². The van der Waals surface area contributed by atoms with E-state index in [1.54, 1.807) is 13.0 Å². The summed E-state index contributed by atoms with van der Waals surface area (Å²) in [5.74, 6) is -0.949. The number of methoxy groups -OCH3 is 1. The zero-order chi connectivity index (χ0) is 18.6. The Balaban J connectivity index is 2.28. The van der Waals surface area contributed by atoms with E-state index in [9.17, 15) is 23.7 Å². The molecule has 0 aromatic heterocycles. The number of amides is 1. The third-order valence-corrected chi connectivity index (χ3v) is 3.24. The summed E-state index contributed by atoms with van der Waals surface area (Å²) in [7, 11) is 1.24. The summed E-state index contributed by atoms with van der Waals surface area (Å²) in [5, 5.41) is 13.5. The van der Waals surface area contributed by atoms with Crippen LogP contribution in [-0.2, 0) is 0 Å². The zero-order valence-electron chi connectivity index (χ0n) is 13.3. The second-order valence-corrected chi connectivity index (χ2v) is 4.98. The topological polar surface area (TPSA) is 90.7 Å². The number of benzene rings is 2. The predicted molar refractivity (Wildman–Crippen MR) is 85.4 cm³/mol. The SMILES string of the molecule is COc1cc(C(=O)Nc2ccc(C)cc2[N+](=O)[O-])ccc1OC(F)F. The van der Waals surface area contributed by atoms with Crippen molar-refractivity contribution in [2.24, 2.45) is 0 Å². The van der Waals surface area contributed by atoms with E-state index < -0.39 is 17.4 Å². The first-order valence-corrected chi connectivity index (χ1v) is 7.01. The molecular formula is C16H14F2N2O5. The average Bonchev–Trinajstić information content (AvgIpc) is 2.56. The molecule has 9 heteroatoms. The Morgan fingerprint density at radius 2 is 1.92 bits per heavy atom. The van der Waals surface area contributed by atoms with E-state index in [1.165, 1.54) is 31.4 Å². The molecule has 0 aliphatic heterocycles. The lowest BCUT2D eigenvalue weighted by molar-refractivity contribution is -0.384. The first-order valence-electron chi connectivity index (χ1n) is 7.01. The number of anilines is 1. The molecule has 0 saturated carbocycles. The summed E-state index contributed by atoms with van der Waals surface area (Å²) in [5.41, 5.74) is 0.499. The lowest BCUT2D eigenvalue weighted by Crippen LogP contribution is -2.13. The van der Waals surface area contributed by atoms with Gasteiger partial charge in [-0.2, -0.15) is 8.78 Å². The van der Waals surface area contributed by atoms with Crippen LogP contribution in [0.2, 0.25) is 0 Å². The molecule has 0 spiro atoms. The van der Waals surface area contributed by atoms with E-state index in [4.69, 9.17) is 4.74 Å². The van der Waals surface area contributed by atoms with Gasteiger partial charge in [-0.3, -0.25) is 14.9 Å². The van der Waals surface area contributed by atoms with Gasteiger partial charge in [-0.15, -0.1) is 0 Å². The Kier molecular flexibility index (Phi) is 5.48. The molecule has 7 nitrogen and oxygen atoms in total. The lowest BCUT2D eigenvalue weighted by Gasteiger charge is -2.12. The van der Waals surface area contributed by atoms with Gasteiger partial charge in [0.15, 0.2) is 11.5 Å². The van der Waals surface area contributed by atoms with Crippen LogP contribution in [0.5, 0.6) is 11.5 Å². The Hall–Kier alpha value is -3.23. The van der Waals surface area contributed by atoms with Crippen molar-refractivity contribution in [1.82, 2.24) is 0 Å². The van der Waals surface area contributed by atoms with Crippen LogP contribution in [0, 0.1) is 17.0 Å². The quantitative estimate of drug-likeness (QED) is 0.631. The zero-order valence-corrected chi connectivity index (χ0v) is 13.3. The van der Waals surface area contributed by atoms with E-state index in [2.05, 4.69) is 10.1 Å². The van der Waals surface area contributed by atoms with Crippen LogP contribution in [0.15, 0.2) is 36.4 Å². The minimum Gasteiger partial charge on any atom is -0.493 e. The molecule has 0 aliphatic rings. The second kappa shape index (κ2) is 7.56. The highest BCUT2D eigenvalue weighted by Crippen LogP contribution is 2.30. The van der Waals surface area contributed by atoms with Gasteiger partial charge in [0.05, 0.1) is 12.0 Å². The number of nitro benzene ring substituents is 1. The molecule has 2 aromatic carbocycles. The van der Waals surface area contributed by atoms with Crippen LogP contribution < -0.4 is 14.8 Å². The number of ether oxygens (including phenoxy) is 2. The molecule has 25 heavy (non-hydrogen) atoms. The molecule has 1 N–H and O–H groups in total. The van der Waals surface area contributed by atoms with Gasteiger partial charge >= 0.3 is 6.61 Å². The molecular weight excluding hydrogens is 338 g/mol. The fourth-order valence-electron chi connectivity index (χ4n) is 2.10. The molecule has 0 saturated heterocycles. The summed E-state index contributed by atoms with van der Waals surface area (Å²) in [6.07, 6.45) is 0. The van der Waals surface area contributed by atoms with Gasteiger partial charge in [-0.1, -0.05) is 6.07 Å². The molecule has 1 amide bonds. The smallest absolute Gasteiger partial charge is 0.387 e. The van der Waals surface area contributed by atoms with Gasteiger partial charge in [0, 0.05) is 11.6 Å². The number of nitrogens with one attached hydrogen (secondary N) is 1. The first kappa shape index (κ1) is 18.1. The van der Waals surface area contributed by atoms with E-state index in [-0.39, 0.29) is 28.4 Å². The van der Waals surface area contributed by atoms with Crippen molar-refractivity contribution in [3.8, 4) is 11.5 Å². The number of nitrogens with zero attached hydrogens (tertiary/aromatic N) is 1. The summed E-state index contributed by atoms with van der Waals surface area (Å²) in [6, 6.07) is 7.96. The predicted octanol–water partition coefficient (Wildman–Crippen LogP) is 3.77. The highest BCUT2D eigenvalue weighted by molar-refractivity contribution is 6.05. The molecule has 0 radical (unpaired) electrons. The normalized spacial score (nSPS) is 10.4. The van der Waals surface area contributed by atoms with Crippen molar-refractivity contribution in [2.75, 3.05) is 12.4 Å². The number of nitro groups is 1. The maximum Gasteiger partial charge on any atom is 0.387 e. The van der Waals surface area contributed by atoms with Crippen LogP contribution in [0.3, 0.4) is 0 Å². The Morgan fingerprint density at radius 3 is 2.52 bits per heavy atom. The maximum atomic E-state index is 12.3. The summed E-state index contributed by atoms with van der Waals surface area (Å²) >= 11 is 0. The number of rotatable bonds is 6. The van der Waals surface area contributed by atoms with E-state index >= 15 is 0 Å². The van der Waals surface area contributed by atoms with Gasteiger partial charge in [-0.05, 0) is 36.8 Å². The van der Waals surface area contributed by atoms with Crippen molar-refractivity contribution in [1.29, 1.82) is 0 Å². The third-order valence-electron chi connectivity index (χ3n) is 3.24. The van der Waals surface area contributed by atoms with E-state index in [0.29, 0.717) is 5.56 Å². The summed E-state index contributed by atoms with van der Waals surface area (Å²) < 4.78 is 33.8. The number of hydrogen-bond donors (Lipinski definition) is 1. The molecule has 0 unspecified atom stereocenters. The molecule has 0 atom stereocenters. The van der Waals surface area contributed by atoms with Gasteiger partial charge in [0.25, 0.3) is 11.6 Å². The van der Waals surface area contributed by atoms with E-state index in [0.717, 1.165) is 6.07 Å². The number of aryl methyl sites for hydroxylation is 1. The fraction of sp³-hybridized carbons (Fsp3) is 0.188. The van der Waals surface area contributed by atoms with Crippen molar-refractivity contribution in [2.45, 2.75) is 13.5 Å². The molecule has 2 rings (SSSR count). The molecule has 0 heterocycles. The standard InChI is InChI=1S/C16H14F2N2O5/c1-9-3-5-11(12(7-9)20(22)23)19-15(21)10-4-6-13(25-16(17)18)14(8-10)24-2/h3-8,16H,1-2H3,(H,19,21). The lowest BCUT2D eigenvalue weighted by atomic mass is 10.1. The van der Waals surface area contributed by atoms with Crippen LogP contribution in [0.1, 0.15) is 15.9 Å². The highest BCUT2D eigenvalue weighted by Gasteiger charge is 2.18. The number of hydrogen-bond acceptors (Lipinski definition) is 5. The van der Waals surface area contributed by atoms with Gasteiger partial charge in [0.2, 0.25) is 0 Å². The van der Waals surface area contributed by atoms with Crippen molar-refractivity contribution in [3.05, 3.63) is 57.6 Å². The summed E-state index contributed by atoms with van der Waals surface area (Å²) in [4.78, 5) is 22.8. The Bertz CT molecular complexity index is 811. The molecule has 0 bridgehead atoms. The maximum absolute atomic E-state index is 12.3. The number of carbonyl (C=O) groups excluding carboxylic acids is 1. The largest absolute Gasteiger partial charge is 0.493 e. The Labute approximate surface area is 141 Å². The van der Waals surface area contributed by atoms with Crippen molar-refractivity contribution in [3.63, 3.8) is 0 Å². The summed E-state index contributed by atoms with van der Waals surface area (Å²) in [6.45, 7) is -1.35. The van der Waals surface area contributed by atoms with Gasteiger partial charge < -0.3 is 14.8 Å². The number of halogens is 2. The van der Waals surface area contributed by atoms with Crippen LogP contribution >= 0.6 is 0 Å². The fourth-order valence-corrected chi connectivity index (χ4v) is 2.10. The average molecular weight is 352 g/mol. The van der Waals surface area contributed by atoms with E-state index in [1.807, 2.05) is 0 Å². The number of alkyl halides is 2. The molecule has 0 fully saturated rings. The Morgan fingerprint density at radius 1 is 1.20 bits per heavy atom. The second-order valence-electron chi connectivity index (χ2n) is 4.98. The first-order chi connectivity index (χ1) is 11.8. The number of carbonyl (C=O) groups is 1. The molecule has 0 aliphatic carbocycles. The monoisotopic (exact) mass is 352 g/mol. The molecule has 2 aromatic rings. The highest BCUT2D eigenvalue weighted by atomic mass is 19.3. The molecule has 132 valence electrons. The van der Waals surface area contributed by atoms with Crippen molar-refractivity contribution < 1.29 is 28.0 Å². The van der Waals surface area contributed by atoms with Gasteiger partial charge in [0.1, 0.15) is 5.69 Å². The minimum absolute atomic E-state index is 0.0208. The third kappa shape index (κ3) is 4.40. The van der Waals surface area contributed by atoms with Gasteiger partial charge in [-0.25, -0.2) is 0 Å². The van der Waals surface area contributed by atoms with Crippen LogP contribution in [0.25, 0.3) is 0 Å². The van der Waals surface area contributed by atoms with Crippen LogP contribution in [-0.4, -0.2) is 24.6 Å².